The molecule has 0 saturated carbocycles. The fourth-order valence-corrected chi connectivity index (χ4v) is 2.70. The van der Waals surface area contributed by atoms with Gasteiger partial charge in [0, 0.05) is 29.2 Å². The molecule has 0 aliphatic carbocycles. The van der Waals surface area contributed by atoms with Gasteiger partial charge in [0.1, 0.15) is 0 Å². The van der Waals surface area contributed by atoms with E-state index in [0.717, 1.165) is 11.3 Å². The fourth-order valence-electron chi connectivity index (χ4n) is 2.70. The van der Waals surface area contributed by atoms with Crippen LogP contribution in [0.5, 0.6) is 0 Å². The van der Waals surface area contributed by atoms with Gasteiger partial charge in [-0.3, -0.25) is 9.20 Å². The molecule has 4 aromatic rings. The molecule has 0 aliphatic heterocycles. The van der Waals surface area contributed by atoms with E-state index in [9.17, 15) is 4.79 Å². The number of carbonyl (C=O) groups is 1. The Morgan fingerprint density at radius 3 is 2.72 bits per heavy atom. The lowest BCUT2D eigenvalue weighted by Gasteiger charge is -2.08. The van der Waals surface area contributed by atoms with Crippen LogP contribution in [0.15, 0.2) is 73.2 Å². The van der Waals surface area contributed by atoms with Crippen molar-refractivity contribution < 1.29 is 4.79 Å². The van der Waals surface area contributed by atoms with Crippen LogP contribution in [0, 0.1) is 0 Å². The van der Waals surface area contributed by atoms with Gasteiger partial charge in [0.15, 0.2) is 11.5 Å². The minimum absolute atomic E-state index is 0.149. The summed E-state index contributed by atoms with van der Waals surface area (Å²) in [6.45, 7) is 0. The highest BCUT2D eigenvalue weighted by Gasteiger charge is 2.10. The van der Waals surface area contributed by atoms with Crippen molar-refractivity contribution in [3.8, 4) is 11.3 Å². The Labute approximate surface area is 144 Å². The third-order valence-corrected chi connectivity index (χ3v) is 3.91. The number of nitrogens with two attached hydrogens (primary N) is 1. The number of fused-ring (bicyclic) bond motifs is 1. The zero-order valence-electron chi connectivity index (χ0n) is 13.3. The summed E-state index contributed by atoms with van der Waals surface area (Å²) in [4.78, 5) is 20.7. The molecule has 6 heteroatoms. The molecule has 1 amide bonds. The predicted octanol–water partition coefficient (Wildman–Crippen LogP) is 3.23. The van der Waals surface area contributed by atoms with Crippen LogP contribution in [0.3, 0.4) is 0 Å². The van der Waals surface area contributed by atoms with Crippen LogP contribution in [-0.4, -0.2) is 20.3 Å². The van der Waals surface area contributed by atoms with Crippen molar-refractivity contribution in [1.29, 1.82) is 0 Å². The maximum absolute atomic E-state index is 12.3. The molecule has 0 aliphatic rings. The van der Waals surface area contributed by atoms with Gasteiger partial charge in [-0.1, -0.05) is 30.3 Å². The summed E-state index contributed by atoms with van der Waals surface area (Å²) in [6.07, 6.45) is 5.18. The van der Waals surface area contributed by atoms with Gasteiger partial charge in [-0.2, -0.15) is 0 Å². The van der Waals surface area contributed by atoms with Gasteiger partial charge in [0.2, 0.25) is 0 Å². The average molecular weight is 329 g/mol. The Hall–Kier alpha value is -3.67. The Bertz CT molecular complexity index is 1060. The van der Waals surface area contributed by atoms with E-state index in [-0.39, 0.29) is 5.91 Å². The number of carbonyl (C=O) groups excluding carboxylic acids is 1. The molecule has 0 atom stereocenters. The van der Waals surface area contributed by atoms with Crippen molar-refractivity contribution in [3.63, 3.8) is 0 Å². The van der Waals surface area contributed by atoms with Gasteiger partial charge in [-0.05, 0) is 24.3 Å². The van der Waals surface area contributed by atoms with Crippen molar-refractivity contribution >= 4 is 23.1 Å². The molecule has 0 bridgehead atoms. The highest BCUT2D eigenvalue weighted by Crippen LogP contribution is 2.25. The number of imidazole rings is 1. The lowest BCUT2D eigenvalue weighted by molar-refractivity contribution is 0.102. The second kappa shape index (κ2) is 6.09. The van der Waals surface area contributed by atoms with E-state index in [4.69, 9.17) is 5.73 Å². The van der Waals surface area contributed by atoms with E-state index < -0.39 is 0 Å². The molecule has 6 nitrogen and oxygen atoms in total. The molecule has 2 heterocycles. The van der Waals surface area contributed by atoms with E-state index in [1.165, 1.54) is 0 Å². The van der Waals surface area contributed by atoms with Gasteiger partial charge in [-0.25, -0.2) is 9.97 Å². The molecule has 0 radical (unpaired) electrons. The minimum atomic E-state index is -0.149. The third kappa shape index (κ3) is 2.81. The highest BCUT2D eigenvalue weighted by molar-refractivity contribution is 6.04. The van der Waals surface area contributed by atoms with Crippen LogP contribution in [-0.2, 0) is 0 Å². The molecule has 0 saturated heterocycles. The average Bonchev–Trinajstić information content (AvgIpc) is 3.08. The summed E-state index contributed by atoms with van der Waals surface area (Å²) in [6, 6.07) is 16.7. The SMILES string of the molecule is Nc1nccn2c(-c3cccc(NC(=O)c4ccccc4)c3)cnc12. The van der Waals surface area contributed by atoms with Crippen molar-refractivity contribution in [2.45, 2.75) is 0 Å². The van der Waals surface area contributed by atoms with Gasteiger partial charge in [0.05, 0.1) is 11.9 Å². The normalized spacial score (nSPS) is 10.7. The fraction of sp³-hybridized carbons (Fsp3) is 0. The summed E-state index contributed by atoms with van der Waals surface area (Å²) in [5.74, 6) is 0.228. The summed E-state index contributed by atoms with van der Waals surface area (Å²) < 4.78 is 1.88. The number of amides is 1. The van der Waals surface area contributed by atoms with Gasteiger partial charge in [0.25, 0.3) is 5.91 Å². The maximum Gasteiger partial charge on any atom is 0.255 e. The zero-order chi connectivity index (χ0) is 17.2. The smallest absolute Gasteiger partial charge is 0.255 e. The zero-order valence-corrected chi connectivity index (χ0v) is 13.3. The molecule has 2 aromatic carbocycles. The van der Waals surface area contributed by atoms with E-state index in [2.05, 4.69) is 15.3 Å². The van der Waals surface area contributed by atoms with E-state index in [1.54, 1.807) is 24.5 Å². The van der Waals surface area contributed by atoms with E-state index in [0.29, 0.717) is 22.7 Å². The summed E-state index contributed by atoms with van der Waals surface area (Å²) in [7, 11) is 0. The molecule has 25 heavy (non-hydrogen) atoms. The van der Waals surface area contributed by atoms with Crippen molar-refractivity contribution in [2.75, 3.05) is 11.1 Å². The number of nitrogen functional groups attached to an aromatic ring is 1. The van der Waals surface area contributed by atoms with Gasteiger partial charge < -0.3 is 11.1 Å². The maximum atomic E-state index is 12.3. The van der Waals surface area contributed by atoms with Crippen LogP contribution in [0.2, 0.25) is 0 Å². The van der Waals surface area contributed by atoms with Crippen molar-refractivity contribution in [2.24, 2.45) is 0 Å². The monoisotopic (exact) mass is 329 g/mol. The van der Waals surface area contributed by atoms with E-state index in [1.807, 2.05) is 53.1 Å². The quantitative estimate of drug-likeness (QED) is 0.604. The molecule has 122 valence electrons. The Balaban J connectivity index is 1.67. The first-order chi connectivity index (χ1) is 12.2. The number of hydrogen-bond acceptors (Lipinski definition) is 4. The number of nitrogens with zero attached hydrogens (tertiary/aromatic N) is 3. The molecular weight excluding hydrogens is 314 g/mol. The first-order valence-electron chi connectivity index (χ1n) is 7.77. The lowest BCUT2D eigenvalue weighted by atomic mass is 10.1. The summed E-state index contributed by atoms with van der Waals surface area (Å²) in [5, 5.41) is 2.91. The molecule has 0 unspecified atom stereocenters. The largest absolute Gasteiger partial charge is 0.381 e. The van der Waals surface area contributed by atoms with Crippen molar-refractivity contribution in [1.82, 2.24) is 14.4 Å². The minimum Gasteiger partial charge on any atom is -0.381 e. The van der Waals surface area contributed by atoms with Gasteiger partial charge >= 0.3 is 0 Å². The topological polar surface area (TPSA) is 85.3 Å². The summed E-state index contributed by atoms with van der Waals surface area (Å²) in [5.41, 5.74) is 9.58. The highest BCUT2D eigenvalue weighted by atomic mass is 16.1. The number of nitrogens with one attached hydrogen (secondary N) is 1. The predicted molar refractivity (Wildman–Crippen MR) is 97.2 cm³/mol. The second-order valence-electron chi connectivity index (χ2n) is 5.55. The Morgan fingerprint density at radius 2 is 1.88 bits per heavy atom. The number of aromatic nitrogens is 3. The number of anilines is 2. The molecule has 4 rings (SSSR count). The van der Waals surface area contributed by atoms with Crippen LogP contribution in [0.1, 0.15) is 10.4 Å². The van der Waals surface area contributed by atoms with Crippen LogP contribution >= 0.6 is 0 Å². The first kappa shape index (κ1) is 14.9. The second-order valence-corrected chi connectivity index (χ2v) is 5.55. The first-order valence-corrected chi connectivity index (χ1v) is 7.77. The Morgan fingerprint density at radius 1 is 1.04 bits per heavy atom. The molecule has 3 N–H and O–H groups in total. The van der Waals surface area contributed by atoms with Crippen LogP contribution in [0.4, 0.5) is 11.5 Å². The lowest BCUT2D eigenvalue weighted by Crippen LogP contribution is -2.11. The van der Waals surface area contributed by atoms with Crippen LogP contribution in [0.25, 0.3) is 16.9 Å². The molecule has 2 aromatic heterocycles. The number of rotatable bonds is 3. The molecular formula is C19H15N5O. The van der Waals surface area contributed by atoms with Gasteiger partial charge in [-0.15, -0.1) is 0 Å². The van der Waals surface area contributed by atoms with E-state index >= 15 is 0 Å². The summed E-state index contributed by atoms with van der Waals surface area (Å²) >= 11 is 0. The molecule has 0 spiro atoms. The molecule has 0 fully saturated rings. The number of benzene rings is 2. The Kier molecular flexibility index (Phi) is 3.63. The van der Waals surface area contributed by atoms with Crippen molar-refractivity contribution in [3.05, 3.63) is 78.8 Å². The van der Waals surface area contributed by atoms with Crippen LogP contribution < -0.4 is 11.1 Å². The third-order valence-electron chi connectivity index (χ3n) is 3.91. The number of hydrogen-bond donors (Lipinski definition) is 2. The standard InChI is InChI=1S/C19H15N5O/c20-17-18-22-12-16(24(18)10-9-21-17)14-7-4-8-15(11-14)23-19(25)13-5-2-1-3-6-13/h1-12H,(H2,20,21)(H,23,25).